The molecule has 1 atom stereocenters. The third-order valence-corrected chi connectivity index (χ3v) is 15.5. The van der Waals surface area contributed by atoms with Crippen molar-refractivity contribution in [2.75, 3.05) is 12.4 Å². The Morgan fingerprint density at radius 3 is 2.19 bits per heavy atom. The molecular weight excluding hydrogens is 443 g/mol. The van der Waals surface area contributed by atoms with Crippen molar-refractivity contribution in [2.45, 2.75) is 35.0 Å². The molecule has 0 saturated heterocycles. The minimum Gasteiger partial charge on any atom is -0.334 e. The first-order chi connectivity index (χ1) is 12.4. The predicted molar refractivity (Wildman–Crippen MR) is 120 cm³/mol. The van der Waals surface area contributed by atoms with Gasteiger partial charge in [-0.25, -0.2) is 8.42 Å². The molecule has 0 bridgehead atoms. The molecule has 0 N–H and O–H groups in total. The van der Waals surface area contributed by atoms with Crippen molar-refractivity contribution in [2.24, 2.45) is 0 Å². The van der Waals surface area contributed by atoms with E-state index in [9.17, 15) is 8.42 Å². The summed E-state index contributed by atoms with van der Waals surface area (Å²) in [6, 6.07) is 15.9. The summed E-state index contributed by atoms with van der Waals surface area (Å²) in [6.45, 7) is 4.69. The van der Waals surface area contributed by atoms with E-state index >= 15 is 0 Å². The highest BCUT2D eigenvalue weighted by atomic mass is 33.2. The van der Waals surface area contributed by atoms with Crippen LogP contribution in [0.15, 0.2) is 69.3 Å². The third-order valence-electron chi connectivity index (χ3n) is 3.02. The van der Waals surface area contributed by atoms with Gasteiger partial charge >= 0.3 is 0 Å². The average Bonchev–Trinajstić information content (AvgIpc) is 2.62. The van der Waals surface area contributed by atoms with Gasteiger partial charge in [0, 0.05) is 26.3 Å². The van der Waals surface area contributed by atoms with Crippen LogP contribution in [0, 0.1) is 0 Å². The lowest BCUT2D eigenvalue weighted by Gasteiger charge is -2.20. The minimum atomic E-state index is -3.41. The molecule has 0 aliphatic carbocycles. The van der Waals surface area contributed by atoms with Gasteiger partial charge in [-0.05, 0) is 61.5 Å². The molecule has 1 unspecified atom stereocenters. The summed E-state index contributed by atoms with van der Waals surface area (Å²) in [5, 5.41) is 0. The molecule has 0 aliphatic heterocycles. The van der Waals surface area contributed by atoms with Crippen LogP contribution in [0.5, 0.6) is 0 Å². The van der Waals surface area contributed by atoms with Gasteiger partial charge in [-0.1, -0.05) is 47.9 Å². The second-order valence-corrected chi connectivity index (χ2v) is 19.4. The fraction of sp³-hybridized carbons (Fsp3) is 0.294. The molecule has 26 heavy (non-hydrogen) atoms. The molecule has 0 radical (unpaired) electrons. The van der Waals surface area contributed by atoms with Crippen molar-refractivity contribution in [1.82, 2.24) is 0 Å². The molecule has 0 heterocycles. The van der Waals surface area contributed by atoms with E-state index in [4.69, 9.17) is 16.3 Å². The van der Waals surface area contributed by atoms with E-state index < -0.39 is 13.5 Å². The highest BCUT2D eigenvalue weighted by Crippen LogP contribution is 2.72. The molecular formula is C17H21O3PS5. The van der Waals surface area contributed by atoms with Crippen molar-refractivity contribution in [3.05, 3.63) is 54.6 Å². The van der Waals surface area contributed by atoms with Gasteiger partial charge < -0.3 is 4.52 Å². The monoisotopic (exact) mass is 464 g/mol. The smallest absolute Gasteiger partial charge is 0.234 e. The normalized spacial score (nSPS) is 14.1. The molecule has 142 valence electrons. The lowest BCUT2D eigenvalue weighted by molar-refractivity contribution is 0.393. The molecule has 0 spiro atoms. The Kier molecular flexibility index (Phi) is 9.07. The van der Waals surface area contributed by atoms with Crippen LogP contribution in [0.3, 0.4) is 0 Å². The first-order valence-electron chi connectivity index (χ1n) is 8.07. The van der Waals surface area contributed by atoms with E-state index in [1.54, 1.807) is 53.1 Å². The lowest BCUT2D eigenvalue weighted by atomic mass is 10.4. The second kappa shape index (κ2) is 10.6. The second-order valence-electron chi connectivity index (χ2n) is 5.11. The quantitative estimate of drug-likeness (QED) is 0.287. The highest BCUT2D eigenvalue weighted by Gasteiger charge is 2.20. The topological polar surface area (TPSA) is 43.4 Å². The molecule has 0 aromatic heterocycles. The molecule has 3 nitrogen and oxygen atoms in total. The number of rotatable bonds is 10. The van der Waals surface area contributed by atoms with E-state index in [1.807, 2.05) is 31.2 Å². The van der Waals surface area contributed by atoms with Gasteiger partial charge in [-0.15, -0.1) is 0 Å². The Bertz CT molecular complexity index is 838. The standard InChI is InChI=1S/C17H21O3PS5/c1-3-14-23-21(22,20-4-2)24-15-10-12-16(13-11-15)25-26(18,19)17-8-6-5-7-9-17/h5-13H,3-4,14H2,1-2H3. The van der Waals surface area contributed by atoms with Crippen molar-refractivity contribution in [3.63, 3.8) is 0 Å². The SMILES string of the molecule is CCCSP(=S)(OCC)Sc1ccc(SS(=O)(=O)c2ccccc2)cc1. The molecule has 0 aliphatic rings. The van der Waals surface area contributed by atoms with Crippen molar-refractivity contribution >= 4 is 58.9 Å². The summed E-state index contributed by atoms with van der Waals surface area (Å²) < 4.78 is 28.7. The summed E-state index contributed by atoms with van der Waals surface area (Å²) in [7, 11) is -2.56. The largest absolute Gasteiger partial charge is 0.334 e. The van der Waals surface area contributed by atoms with E-state index in [1.165, 1.54) is 0 Å². The lowest BCUT2D eigenvalue weighted by Crippen LogP contribution is -1.94. The third kappa shape index (κ3) is 6.89. The molecule has 2 aromatic rings. The van der Waals surface area contributed by atoms with E-state index in [0.29, 0.717) is 16.4 Å². The van der Waals surface area contributed by atoms with E-state index in [2.05, 4.69) is 6.92 Å². The highest BCUT2D eigenvalue weighted by molar-refractivity contribution is 8.99. The minimum absolute atomic E-state index is 0.311. The van der Waals surface area contributed by atoms with Crippen LogP contribution < -0.4 is 0 Å². The Morgan fingerprint density at radius 1 is 1.00 bits per heavy atom. The first-order valence-corrected chi connectivity index (χ1v) is 16.6. The summed E-state index contributed by atoms with van der Waals surface area (Å²) in [6.07, 6.45) is 1.06. The zero-order valence-corrected chi connectivity index (χ0v) is 19.5. The van der Waals surface area contributed by atoms with Crippen LogP contribution >= 0.6 is 38.2 Å². The van der Waals surface area contributed by atoms with Crippen molar-refractivity contribution < 1.29 is 12.9 Å². The molecule has 0 fully saturated rings. The van der Waals surface area contributed by atoms with Crippen LogP contribution in [0.1, 0.15) is 20.3 Å². The van der Waals surface area contributed by atoms with Crippen molar-refractivity contribution in [3.8, 4) is 0 Å². The first kappa shape index (κ1) is 22.3. The predicted octanol–water partition coefficient (Wildman–Crippen LogP) is 6.66. The number of hydrogen-bond acceptors (Lipinski definition) is 7. The maximum atomic E-state index is 12.4. The van der Waals surface area contributed by atoms with Gasteiger partial charge in [0.05, 0.1) is 11.5 Å². The maximum Gasteiger partial charge on any atom is 0.234 e. The van der Waals surface area contributed by atoms with Gasteiger partial charge in [0.15, 0.2) is 4.67 Å². The number of benzene rings is 2. The summed E-state index contributed by atoms with van der Waals surface area (Å²) in [5.41, 5.74) is 0. The summed E-state index contributed by atoms with van der Waals surface area (Å²) in [5.74, 6) is 0.980. The van der Waals surface area contributed by atoms with Crippen LogP contribution in [-0.2, 0) is 25.2 Å². The number of hydrogen-bond donors (Lipinski definition) is 0. The molecule has 2 rings (SSSR count). The Morgan fingerprint density at radius 2 is 1.62 bits per heavy atom. The fourth-order valence-electron chi connectivity index (χ4n) is 1.90. The van der Waals surface area contributed by atoms with E-state index in [0.717, 1.165) is 27.9 Å². The van der Waals surface area contributed by atoms with Crippen molar-refractivity contribution in [1.29, 1.82) is 0 Å². The van der Waals surface area contributed by atoms with Gasteiger partial charge in [-0.3, -0.25) is 0 Å². The maximum absolute atomic E-state index is 12.4. The van der Waals surface area contributed by atoms with Gasteiger partial charge in [-0.2, -0.15) is 0 Å². The van der Waals surface area contributed by atoms with Crippen LogP contribution in [0.4, 0.5) is 0 Å². The molecule has 2 aromatic carbocycles. The van der Waals surface area contributed by atoms with Gasteiger partial charge in [0.1, 0.15) is 0 Å². The van der Waals surface area contributed by atoms with Crippen LogP contribution in [0.25, 0.3) is 0 Å². The molecule has 0 amide bonds. The summed E-state index contributed by atoms with van der Waals surface area (Å²) >= 11 is 9.05. The average molecular weight is 465 g/mol. The van der Waals surface area contributed by atoms with Gasteiger partial charge in [0.2, 0.25) is 8.87 Å². The fourth-order valence-corrected chi connectivity index (χ4v) is 13.3. The molecule has 9 heteroatoms. The molecule has 0 saturated carbocycles. The van der Waals surface area contributed by atoms with Crippen LogP contribution in [0.2, 0.25) is 0 Å². The summed E-state index contributed by atoms with van der Waals surface area (Å²) in [4.78, 5) is 2.00. The zero-order chi connectivity index (χ0) is 19.0. The Labute approximate surface area is 173 Å². The zero-order valence-electron chi connectivity index (χ0n) is 14.5. The van der Waals surface area contributed by atoms with Gasteiger partial charge in [0.25, 0.3) is 0 Å². The Hall–Kier alpha value is 0.0500. The van der Waals surface area contributed by atoms with E-state index in [-0.39, 0.29) is 0 Å². The Balaban J connectivity index is 2.09. The van der Waals surface area contributed by atoms with Crippen LogP contribution in [-0.4, -0.2) is 20.8 Å².